The molecule has 2 heterocycles. The Hall–Kier alpha value is -1.84. The van der Waals surface area contributed by atoms with Crippen molar-refractivity contribution in [2.24, 2.45) is 11.1 Å². The SMILES string of the molecule is CON=C(c1ccc2cc[nH]c2n1)C1CC1. The Morgan fingerprint density at radius 2 is 2.31 bits per heavy atom. The quantitative estimate of drug-likeness (QED) is 0.631. The van der Waals surface area contributed by atoms with Crippen molar-refractivity contribution in [3.63, 3.8) is 0 Å². The van der Waals surface area contributed by atoms with E-state index < -0.39 is 0 Å². The zero-order chi connectivity index (χ0) is 11.0. The maximum absolute atomic E-state index is 4.89. The number of nitrogens with zero attached hydrogens (tertiary/aromatic N) is 2. The molecule has 0 bridgehead atoms. The van der Waals surface area contributed by atoms with E-state index in [9.17, 15) is 0 Å². The average Bonchev–Trinajstić information content (AvgIpc) is 3.03. The summed E-state index contributed by atoms with van der Waals surface area (Å²) in [5.41, 5.74) is 2.79. The number of oxime groups is 1. The predicted octanol–water partition coefficient (Wildman–Crippen LogP) is 2.32. The van der Waals surface area contributed by atoms with Crippen molar-refractivity contribution in [1.29, 1.82) is 0 Å². The first-order valence-corrected chi connectivity index (χ1v) is 5.44. The van der Waals surface area contributed by atoms with Gasteiger partial charge in [0.05, 0.1) is 5.69 Å². The second-order valence-corrected chi connectivity index (χ2v) is 4.05. The molecule has 2 aromatic rings. The van der Waals surface area contributed by atoms with Crippen LogP contribution in [0, 0.1) is 5.92 Å². The van der Waals surface area contributed by atoms with Crippen LogP contribution in [-0.2, 0) is 4.84 Å². The van der Waals surface area contributed by atoms with E-state index in [1.165, 1.54) is 12.8 Å². The third-order valence-corrected chi connectivity index (χ3v) is 2.83. The Balaban J connectivity index is 2.05. The van der Waals surface area contributed by atoms with Crippen molar-refractivity contribution in [2.75, 3.05) is 7.11 Å². The van der Waals surface area contributed by atoms with Gasteiger partial charge in [0.2, 0.25) is 0 Å². The lowest BCUT2D eigenvalue weighted by molar-refractivity contribution is 0.212. The van der Waals surface area contributed by atoms with Crippen LogP contribution in [0.1, 0.15) is 18.5 Å². The molecule has 2 aromatic heterocycles. The van der Waals surface area contributed by atoms with E-state index in [0.717, 1.165) is 22.4 Å². The summed E-state index contributed by atoms with van der Waals surface area (Å²) >= 11 is 0. The number of rotatable bonds is 3. The van der Waals surface area contributed by atoms with Gasteiger partial charge in [-0.15, -0.1) is 0 Å². The Kier molecular flexibility index (Phi) is 2.13. The van der Waals surface area contributed by atoms with Crippen LogP contribution in [-0.4, -0.2) is 22.8 Å². The molecule has 1 aliphatic rings. The molecular formula is C12H13N3O. The third-order valence-electron chi connectivity index (χ3n) is 2.83. The van der Waals surface area contributed by atoms with Crippen molar-refractivity contribution in [3.05, 3.63) is 30.1 Å². The Labute approximate surface area is 93.3 Å². The van der Waals surface area contributed by atoms with E-state index in [0.29, 0.717) is 5.92 Å². The van der Waals surface area contributed by atoms with Gasteiger partial charge < -0.3 is 9.82 Å². The minimum Gasteiger partial charge on any atom is -0.399 e. The van der Waals surface area contributed by atoms with Gasteiger partial charge in [0.15, 0.2) is 0 Å². The van der Waals surface area contributed by atoms with E-state index in [1.54, 1.807) is 7.11 Å². The van der Waals surface area contributed by atoms with E-state index >= 15 is 0 Å². The number of pyridine rings is 1. The molecule has 1 aliphatic carbocycles. The first kappa shape index (κ1) is 9.39. The Morgan fingerprint density at radius 3 is 3.06 bits per heavy atom. The number of hydrogen-bond donors (Lipinski definition) is 1. The highest BCUT2D eigenvalue weighted by Crippen LogP contribution is 2.33. The van der Waals surface area contributed by atoms with Crippen molar-refractivity contribution in [2.45, 2.75) is 12.8 Å². The second-order valence-electron chi connectivity index (χ2n) is 4.05. The van der Waals surface area contributed by atoms with Crippen molar-refractivity contribution in [1.82, 2.24) is 9.97 Å². The summed E-state index contributed by atoms with van der Waals surface area (Å²) in [6.07, 6.45) is 4.27. The normalized spacial score (nSPS) is 16.7. The molecule has 16 heavy (non-hydrogen) atoms. The topological polar surface area (TPSA) is 50.3 Å². The van der Waals surface area contributed by atoms with Gasteiger partial charge in [0, 0.05) is 17.5 Å². The molecule has 1 saturated carbocycles. The summed E-state index contributed by atoms with van der Waals surface area (Å²) in [6, 6.07) is 6.07. The van der Waals surface area contributed by atoms with E-state index in [2.05, 4.69) is 21.2 Å². The number of aromatic nitrogens is 2. The number of H-pyrrole nitrogens is 1. The van der Waals surface area contributed by atoms with Crippen LogP contribution in [0.3, 0.4) is 0 Å². The lowest BCUT2D eigenvalue weighted by Gasteiger charge is -2.03. The largest absolute Gasteiger partial charge is 0.399 e. The first-order valence-electron chi connectivity index (χ1n) is 5.44. The highest BCUT2D eigenvalue weighted by molar-refractivity contribution is 6.02. The monoisotopic (exact) mass is 215 g/mol. The van der Waals surface area contributed by atoms with Gasteiger partial charge in [-0.2, -0.15) is 0 Å². The van der Waals surface area contributed by atoms with E-state index in [-0.39, 0.29) is 0 Å². The van der Waals surface area contributed by atoms with Gasteiger partial charge in [-0.3, -0.25) is 0 Å². The van der Waals surface area contributed by atoms with Crippen LogP contribution in [0.25, 0.3) is 11.0 Å². The van der Waals surface area contributed by atoms with Crippen molar-refractivity contribution < 1.29 is 4.84 Å². The third kappa shape index (κ3) is 1.56. The van der Waals surface area contributed by atoms with E-state index in [1.807, 2.05) is 18.3 Å². The fourth-order valence-electron chi connectivity index (χ4n) is 1.86. The molecule has 4 heteroatoms. The molecule has 0 spiro atoms. The molecule has 0 radical (unpaired) electrons. The number of fused-ring (bicyclic) bond motifs is 1. The minimum absolute atomic E-state index is 0.528. The number of aromatic amines is 1. The lowest BCUT2D eigenvalue weighted by atomic mass is 10.1. The standard InChI is InChI=1S/C12H13N3O/c1-16-15-11(8-2-3-8)10-5-4-9-6-7-13-12(9)14-10/h4-8H,2-3H2,1H3,(H,13,14). The molecule has 1 fully saturated rings. The van der Waals surface area contributed by atoms with Crippen LogP contribution < -0.4 is 0 Å². The molecular weight excluding hydrogens is 202 g/mol. The zero-order valence-corrected chi connectivity index (χ0v) is 9.10. The predicted molar refractivity (Wildman–Crippen MR) is 62.4 cm³/mol. The molecule has 0 atom stereocenters. The zero-order valence-electron chi connectivity index (χ0n) is 9.10. The number of hydrogen-bond acceptors (Lipinski definition) is 3. The number of nitrogens with one attached hydrogen (secondary N) is 1. The molecule has 4 nitrogen and oxygen atoms in total. The highest BCUT2D eigenvalue weighted by Gasteiger charge is 2.30. The first-order chi connectivity index (χ1) is 7.88. The molecule has 0 saturated heterocycles. The van der Waals surface area contributed by atoms with Gasteiger partial charge in [-0.25, -0.2) is 4.98 Å². The fraction of sp³-hybridized carbons (Fsp3) is 0.333. The van der Waals surface area contributed by atoms with Crippen LogP contribution >= 0.6 is 0 Å². The smallest absolute Gasteiger partial charge is 0.138 e. The molecule has 0 unspecified atom stereocenters. The highest BCUT2D eigenvalue weighted by atomic mass is 16.6. The van der Waals surface area contributed by atoms with Crippen molar-refractivity contribution in [3.8, 4) is 0 Å². The van der Waals surface area contributed by atoms with Crippen LogP contribution in [0.5, 0.6) is 0 Å². The Bertz CT molecular complexity index is 540. The summed E-state index contributed by atoms with van der Waals surface area (Å²) in [5, 5.41) is 5.21. The van der Waals surface area contributed by atoms with Crippen LogP contribution in [0.2, 0.25) is 0 Å². The van der Waals surface area contributed by atoms with Gasteiger partial charge >= 0.3 is 0 Å². The second kappa shape index (κ2) is 3.63. The summed E-state index contributed by atoms with van der Waals surface area (Å²) in [6.45, 7) is 0. The molecule has 0 aliphatic heterocycles. The molecule has 1 N–H and O–H groups in total. The van der Waals surface area contributed by atoms with Gasteiger partial charge in [-0.05, 0) is 31.0 Å². The summed E-state index contributed by atoms with van der Waals surface area (Å²) in [4.78, 5) is 12.5. The Morgan fingerprint density at radius 1 is 1.44 bits per heavy atom. The fourth-order valence-corrected chi connectivity index (χ4v) is 1.86. The minimum atomic E-state index is 0.528. The average molecular weight is 215 g/mol. The van der Waals surface area contributed by atoms with Gasteiger partial charge in [0.25, 0.3) is 0 Å². The van der Waals surface area contributed by atoms with E-state index in [4.69, 9.17) is 4.84 Å². The molecule has 82 valence electrons. The summed E-state index contributed by atoms with van der Waals surface area (Å²) in [5.74, 6) is 0.528. The summed E-state index contributed by atoms with van der Waals surface area (Å²) < 4.78 is 0. The molecule has 3 rings (SSSR count). The maximum Gasteiger partial charge on any atom is 0.138 e. The van der Waals surface area contributed by atoms with Crippen molar-refractivity contribution >= 4 is 16.7 Å². The van der Waals surface area contributed by atoms with Crippen LogP contribution in [0.4, 0.5) is 0 Å². The molecule has 0 amide bonds. The van der Waals surface area contributed by atoms with Gasteiger partial charge in [-0.1, -0.05) is 5.16 Å². The lowest BCUT2D eigenvalue weighted by Crippen LogP contribution is -2.06. The molecule has 0 aromatic carbocycles. The summed E-state index contributed by atoms with van der Waals surface area (Å²) in [7, 11) is 1.58. The van der Waals surface area contributed by atoms with Crippen LogP contribution in [0.15, 0.2) is 29.6 Å². The maximum atomic E-state index is 4.89. The van der Waals surface area contributed by atoms with Gasteiger partial charge in [0.1, 0.15) is 18.5 Å².